The second kappa shape index (κ2) is 3.02. The van der Waals surface area contributed by atoms with Crippen LogP contribution in [0.4, 0.5) is 5.69 Å². The van der Waals surface area contributed by atoms with Gasteiger partial charge in [0, 0.05) is 11.6 Å². The Morgan fingerprint density at radius 3 is 2.93 bits per heavy atom. The first-order chi connectivity index (χ1) is 7.25. The van der Waals surface area contributed by atoms with Gasteiger partial charge >= 0.3 is 0 Å². The normalized spacial score (nSPS) is 27.9. The van der Waals surface area contributed by atoms with Crippen LogP contribution in [0, 0.1) is 5.92 Å². The predicted molar refractivity (Wildman–Crippen MR) is 60.5 cm³/mol. The van der Waals surface area contributed by atoms with Gasteiger partial charge in [-0.2, -0.15) is 0 Å². The van der Waals surface area contributed by atoms with Crippen LogP contribution in [-0.4, -0.2) is 6.23 Å². The Balaban J connectivity index is 1.98. The van der Waals surface area contributed by atoms with Crippen LogP contribution in [0.2, 0.25) is 0 Å². The maximum absolute atomic E-state index is 5.80. The van der Waals surface area contributed by atoms with E-state index >= 15 is 0 Å². The minimum atomic E-state index is 0.153. The third-order valence-electron chi connectivity index (χ3n) is 3.54. The van der Waals surface area contributed by atoms with E-state index in [4.69, 9.17) is 4.74 Å². The lowest BCUT2D eigenvalue weighted by molar-refractivity contribution is 0.133. The van der Waals surface area contributed by atoms with Crippen LogP contribution >= 0.6 is 0 Å². The summed E-state index contributed by atoms with van der Waals surface area (Å²) in [5.41, 5.74) is 4.01. The number of ether oxygens (including phenoxy) is 1. The van der Waals surface area contributed by atoms with Gasteiger partial charge in [-0.15, -0.1) is 0 Å². The van der Waals surface area contributed by atoms with Crippen molar-refractivity contribution in [1.82, 2.24) is 0 Å². The van der Waals surface area contributed by atoms with Crippen molar-refractivity contribution < 1.29 is 4.74 Å². The van der Waals surface area contributed by atoms with Gasteiger partial charge in [-0.3, -0.25) is 0 Å². The molecule has 15 heavy (non-hydrogen) atoms. The molecular formula is C13H15NO. The second-order valence-corrected chi connectivity index (χ2v) is 4.39. The smallest absolute Gasteiger partial charge is 0.176 e. The van der Waals surface area contributed by atoms with Crippen molar-refractivity contribution in [3.8, 4) is 0 Å². The molecule has 0 fully saturated rings. The monoisotopic (exact) mass is 201 g/mol. The Morgan fingerprint density at radius 2 is 2.07 bits per heavy atom. The number of para-hydroxylation sites is 1. The fourth-order valence-electron chi connectivity index (χ4n) is 2.47. The molecule has 0 amide bonds. The zero-order valence-electron chi connectivity index (χ0n) is 9.08. The molecule has 0 bridgehead atoms. The molecule has 0 spiro atoms. The maximum atomic E-state index is 5.80. The number of fused-ring (bicyclic) bond motifs is 2. The SMILES string of the molecule is CC1=C(C)C2Cc3ccccc3NC2O1. The molecule has 2 unspecified atom stereocenters. The van der Waals surface area contributed by atoms with Crippen LogP contribution in [0.5, 0.6) is 0 Å². The van der Waals surface area contributed by atoms with Crippen LogP contribution in [-0.2, 0) is 11.2 Å². The second-order valence-electron chi connectivity index (χ2n) is 4.39. The predicted octanol–water partition coefficient (Wildman–Crippen LogP) is 2.92. The molecule has 2 nitrogen and oxygen atoms in total. The van der Waals surface area contributed by atoms with Crippen LogP contribution in [0.3, 0.4) is 0 Å². The van der Waals surface area contributed by atoms with Gasteiger partial charge < -0.3 is 10.1 Å². The van der Waals surface area contributed by atoms with Crippen molar-refractivity contribution in [2.45, 2.75) is 26.5 Å². The van der Waals surface area contributed by atoms with E-state index in [1.165, 1.54) is 16.8 Å². The van der Waals surface area contributed by atoms with Crippen molar-refractivity contribution in [1.29, 1.82) is 0 Å². The average Bonchev–Trinajstić information content (AvgIpc) is 2.52. The van der Waals surface area contributed by atoms with Crippen LogP contribution < -0.4 is 5.32 Å². The Labute approximate surface area is 89.9 Å². The number of benzene rings is 1. The molecule has 0 saturated carbocycles. The summed E-state index contributed by atoms with van der Waals surface area (Å²) in [6, 6.07) is 8.48. The molecule has 2 atom stereocenters. The molecule has 0 saturated heterocycles. The van der Waals surface area contributed by atoms with E-state index in [9.17, 15) is 0 Å². The quantitative estimate of drug-likeness (QED) is 0.696. The molecular weight excluding hydrogens is 186 g/mol. The summed E-state index contributed by atoms with van der Waals surface area (Å²) < 4.78 is 5.80. The lowest BCUT2D eigenvalue weighted by Crippen LogP contribution is -2.33. The maximum Gasteiger partial charge on any atom is 0.176 e. The van der Waals surface area contributed by atoms with Gasteiger partial charge in [0.2, 0.25) is 0 Å². The Bertz CT molecular complexity index is 436. The van der Waals surface area contributed by atoms with Crippen molar-refractivity contribution in [2.24, 2.45) is 5.92 Å². The number of hydrogen-bond acceptors (Lipinski definition) is 2. The van der Waals surface area contributed by atoms with Gasteiger partial charge in [0.1, 0.15) is 0 Å². The number of rotatable bonds is 0. The number of nitrogens with one attached hydrogen (secondary N) is 1. The molecule has 1 N–H and O–H groups in total. The Kier molecular flexibility index (Phi) is 1.78. The highest BCUT2D eigenvalue weighted by molar-refractivity contribution is 5.55. The van der Waals surface area contributed by atoms with Crippen molar-refractivity contribution in [3.05, 3.63) is 41.2 Å². The van der Waals surface area contributed by atoms with Gasteiger partial charge in [-0.1, -0.05) is 18.2 Å². The molecule has 0 aliphatic carbocycles. The molecule has 2 aliphatic rings. The third-order valence-corrected chi connectivity index (χ3v) is 3.54. The first kappa shape index (κ1) is 8.84. The molecule has 1 aromatic carbocycles. The largest absolute Gasteiger partial charge is 0.475 e. The zero-order chi connectivity index (χ0) is 10.4. The first-order valence-corrected chi connectivity index (χ1v) is 5.44. The molecule has 2 heterocycles. The highest BCUT2D eigenvalue weighted by Crippen LogP contribution is 2.38. The number of hydrogen-bond donors (Lipinski definition) is 1. The highest BCUT2D eigenvalue weighted by Gasteiger charge is 2.36. The van der Waals surface area contributed by atoms with Crippen molar-refractivity contribution >= 4 is 5.69 Å². The molecule has 2 heteroatoms. The van der Waals surface area contributed by atoms with Gasteiger partial charge in [0.05, 0.1) is 5.76 Å². The van der Waals surface area contributed by atoms with Gasteiger partial charge in [-0.25, -0.2) is 0 Å². The zero-order valence-corrected chi connectivity index (χ0v) is 9.08. The van der Waals surface area contributed by atoms with E-state index in [1.54, 1.807) is 0 Å². The summed E-state index contributed by atoms with van der Waals surface area (Å²) in [6.07, 6.45) is 1.25. The summed E-state index contributed by atoms with van der Waals surface area (Å²) in [6.45, 7) is 4.23. The van der Waals surface area contributed by atoms with Crippen LogP contribution in [0.15, 0.2) is 35.6 Å². The summed E-state index contributed by atoms with van der Waals surface area (Å²) in [4.78, 5) is 0. The molecule has 78 valence electrons. The standard InChI is InChI=1S/C13H15NO/c1-8-9(2)15-13-11(8)7-10-5-3-4-6-12(10)14-13/h3-6,11,13-14H,7H2,1-2H3. The summed E-state index contributed by atoms with van der Waals surface area (Å²) >= 11 is 0. The molecule has 3 rings (SSSR count). The van der Waals surface area contributed by atoms with Gasteiger partial charge in [0.15, 0.2) is 6.23 Å². The first-order valence-electron chi connectivity index (χ1n) is 5.44. The summed E-state index contributed by atoms with van der Waals surface area (Å²) in [7, 11) is 0. The highest BCUT2D eigenvalue weighted by atomic mass is 16.5. The summed E-state index contributed by atoms with van der Waals surface area (Å²) in [5, 5.41) is 3.46. The molecule has 2 aliphatic heterocycles. The van der Waals surface area contributed by atoms with Crippen molar-refractivity contribution in [2.75, 3.05) is 5.32 Å². The molecule has 1 aromatic rings. The van der Waals surface area contributed by atoms with Crippen LogP contribution in [0.1, 0.15) is 19.4 Å². The van der Waals surface area contributed by atoms with Crippen LogP contribution in [0.25, 0.3) is 0 Å². The van der Waals surface area contributed by atoms with E-state index in [2.05, 4.69) is 43.4 Å². The van der Waals surface area contributed by atoms with Crippen molar-refractivity contribution in [3.63, 3.8) is 0 Å². The van der Waals surface area contributed by atoms with E-state index < -0.39 is 0 Å². The average molecular weight is 201 g/mol. The minimum Gasteiger partial charge on any atom is -0.475 e. The molecule has 0 aromatic heterocycles. The fraction of sp³-hybridized carbons (Fsp3) is 0.385. The Morgan fingerprint density at radius 1 is 1.27 bits per heavy atom. The lowest BCUT2D eigenvalue weighted by atomic mass is 9.88. The summed E-state index contributed by atoms with van der Waals surface area (Å²) in [5.74, 6) is 1.60. The van der Waals surface area contributed by atoms with Gasteiger partial charge in [0.25, 0.3) is 0 Å². The van der Waals surface area contributed by atoms with E-state index in [-0.39, 0.29) is 6.23 Å². The Hall–Kier alpha value is -1.44. The topological polar surface area (TPSA) is 21.3 Å². The number of anilines is 1. The number of allylic oxidation sites excluding steroid dienone is 1. The third kappa shape index (κ3) is 1.24. The van der Waals surface area contributed by atoms with E-state index in [0.29, 0.717) is 5.92 Å². The lowest BCUT2D eigenvalue weighted by Gasteiger charge is -2.29. The van der Waals surface area contributed by atoms with Gasteiger partial charge in [-0.05, 0) is 37.5 Å². The fourth-order valence-corrected chi connectivity index (χ4v) is 2.47. The van der Waals surface area contributed by atoms with E-state index in [0.717, 1.165) is 12.2 Å². The minimum absolute atomic E-state index is 0.153. The van der Waals surface area contributed by atoms with E-state index in [1.807, 2.05) is 0 Å². The molecule has 0 radical (unpaired) electrons.